The molecule has 1 N–H and O–H groups in total. The third-order valence-electron chi connectivity index (χ3n) is 2.40. The van der Waals surface area contributed by atoms with E-state index in [0.29, 0.717) is 13.2 Å². The van der Waals surface area contributed by atoms with Crippen molar-refractivity contribution < 1.29 is 51.1 Å². The summed E-state index contributed by atoms with van der Waals surface area (Å²) < 4.78 is 7.21. The third kappa shape index (κ3) is 4.78. The monoisotopic (exact) mass is 382 g/mol. The predicted octanol–water partition coefficient (Wildman–Crippen LogP) is 2.41. The molecule has 0 fully saturated rings. The van der Waals surface area contributed by atoms with Crippen molar-refractivity contribution in [2.24, 2.45) is 0 Å². The standard InChI is InChI=1S/C10H16N2O2.C2H6.CH3.Pr/c1-10(2,3)8-4-11-12-5-7(13)6-14-9(8)12;1-2;;/h4,7,13H,5-6H2,1-3H3;1-2H3;1H3;/q;;-1;. The van der Waals surface area contributed by atoms with Gasteiger partial charge in [-0.05, 0) is 5.41 Å². The first-order chi connectivity index (χ1) is 7.48. The summed E-state index contributed by atoms with van der Waals surface area (Å²) in [4.78, 5) is 0. The van der Waals surface area contributed by atoms with Gasteiger partial charge in [0, 0.05) is 46.9 Å². The summed E-state index contributed by atoms with van der Waals surface area (Å²) >= 11 is 0. The van der Waals surface area contributed by atoms with Crippen molar-refractivity contribution in [3.05, 3.63) is 19.2 Å². The maximum atomic E-state index is 9.38. The Morgan fingerprint density at radius 3 is 2.44 bits per heavy atom. The molecule has 1 radical (unpaired) electrons. The Bertz CT molecular complexity index is 345. The fourth-order valence-corrected chi connectivity index (χ4v) is 1.60. The summed E-state index contributed by atoms with van der Waals surface area (Å²) in [6, 6.07) is 0. The zero-order valence-corrected chi connectivity index (χ0v) is 16.1. The SMILES string of the molecule is CC.CC(C)(C)c1cnn2c1OCC(O)C2.[CH3-].[Pr]. The second kappa shape index (κ2) is 8.49. The van der Waals surface area contributed by atoms with Crippen LogP contribution in [0.2, 0.25) is 0 Å². The average Bonchev–Trinajstić information content (AvgIpc) is 2.62. The van der Waals surface area contributed by atoms with Crippen LogP contribution < -0.4 is 4.74 Å². The van der Waals surface area contributed by atoms with Gasteiger partial charge in [-0.3, -0.25) is 0 Å². The van der Waals surface area contributed by atoms with E-state index < -0.39 is 6.10 Å². The quantitative estimate of drug-likeness (QED) is 0.702. The van der Waals surface area contributed by atoms with Crippen LogP contribution in [0.15, 0.2) is 6.20 Å². The van der Waals surface area contributed by atoms with Gasteiger partial charge in [-0.1, -0.05) is 34.6 Å². The van der Waals surface area contributed by atoms with Gasteiger partial charge in [0.2, 0.25) is 5.88 Å². The summed E-state index contributed by atoms with van der Waals surface area (Å²) in [5, 5.41) is 13.6. The van der Waals surface area contributed by atoms with Gasteiger partial charge in [-0.15, -0.1) is 0 Å². The van der Waals surface area contributed by atoms with Crippen LogP contribution in [0, 0.1) is 48.7 Å². The number of nitrogens with zero attached hydrogens (tertiary/aromatic N) is 2. The molecule has 1 atom stereocenters. The summed E-state index contributed by atoms with van der Waals surface area (Å²) in [7, 11) is 0. The third-order valence-corrected chi connectivity index (χ3v) is 2.40. The molecule has 5 heteroatoms. The first kappa shape index (κ1) is 20.6. The van der Waals surface area contributed by atoms with Crippen LogP contribution >= 0.6 is 0 Å². The molecule has 0 aliphatic carbocycles. The molecule has 4 nitrogen and oxygen atoms in total. The number of hydrogen-bond acceptors (Lipinski definition) is 3. The van der Waals surface area contributed by atoms with Gasteiger partial charge < -0.3 is 17.3 Å². The van der Waals surface area contributed by atoms with Gasteiger partial charge in [0.05, 0.1) is 12.7 Å². The molecule has 1 unspecified atom stereocenters. The molecular weight excluding hydrogens is 357 g/mol. The van der Waals surface area contributed by atoms with Crippen molar-refractivity contribution >= 4 is 0 Å². The second-order valence-electron chi connectivity index (χ2n) is 4.76. The van der Waals surface area contributed by atoms with E-state index in [1.165, 1.54) is 0 Å². The number of aromatic nitrogens is 2. The zero-order valence-electron chi connectivity index (χ0n) is 12.4. The smallest absolute Gasteiger partial charge is 0.215 e. The summed E-state index contributed by atoms with van der Waals surface area (Å²) in [5.74, 6) is 0.808. The fraction of sp³-hybridized carbons (Fsp3) is 0.692. The predicted molar refractivity (Wildman–Crippen MR) is 70.2 cm³/mol. The van der Waals surface area contributed by atoms with Crippen LogP contribution in [-0.4, -0.2) is 27.6 Å². The Morgan fingerprint density at radius 1 is 1.39 bits per heavy atom. The van der Waals surface area contributed by atoms with E-state index in [2.05, 4.69) is 25.9 Å². The van der Waals surface area contributed by atoms with Gasteiger partial charge in [0.1, 0.15) is 12.7 Å². The molecule has 1 aliphatic heterocycles. The molecule has 103 valence electrons. The molecular formula is C13H25N2O2Pr-. The molecule has 2 heterocycles. The van der Waals surface area contributed by atoms with E-state index in [0.717, 1.165) is 11.4 Å². The normalized spacial score (nSPS) is 17.1. The minimum Gasteiger partial charge on any atom is -0.475 e. The maximum Gasteiger partial charge on any atom is 0.215 e. The van der Waals surface area contributed by atoms with Crippen molar-refractivity contribution in [3.8, 4) is 5.88 Å². The van der Waals surface area contributed by atoms with Crippen LogP contribution in [0.1, 0.15) is 40.2 Å². The van der Waals surface area contributed by atoms with Crippen molar-refractivity contribution in [2.75, 3.05) is 6.61 Å². The summed E-state index contributed by atoms with van der Waals surface area (Å²) in [6.07, 6.45) is 1.39. The van der Waals surface area contributed by atoms with Crippen molar-refractivity contribution in [1.29, 1.82) is 0 Å². The van der Waals surface area contributed by atoms with Crippen LogP contribution in [0.4, 0.5) is 0 Å². The molecule has 1 aromatic heterocycles. The van der Waals surface area contributed by atoms with Gasteiger partial charge >= 0.3 is 0 Å². The van der Waals surface area contributed by atoms with E-state index in [9.17, 15) is 5.11 Å². The Kier molecular flexibility index (Phi) is 9.74. The average molecular weight is 382 g/mol. The Balaban J connectivity index is 0. The number of fused-ring (bicyclic) bond motifs is 1. The molecule has 0 aromatic carbocycles. The summed E-state index contributed by atoms with van der Waals surface area (Å²) in [5.41, 5.74) is 1.14. The molecule has 0 bridgehead atoms. The van der Waals surface area contributed by atoms with Crippen molar-refractivity contribution in [2.45, 2.75) is 52.7 Å². The number of aliphatic hydroxyl groups excluding tert-OH is 1. The van der Waals surface area contributed by atoms with Crippen molar-refractivity contribution in [1.82, 2.24) is 9.78 Å². The molecule has 1 aromatic rings. The molecule has 0 saturated heterocycles. The largest absolute Gasteiger partial charge is 0.475 e. The Labute approximate surface area is 144 Å². The second-order valence-corrected chi connectivity index (χ2v) is 4.76. The number of ether oxygens (including phenoxy) is 1. The minimum absolute atomic E-state index is 0. The van der Waals surface area contributed by atoms with E-state index in [-0.39, 0.29) is 54.1 Å². The summed E-state index contributed by atoms with van der Waals surface area (Å²) in [6.45, 7) is 11.3. The van der Waals surface area contributed by atoms with E-state index in [1.54, 1.807) is 4.68 Å². The first-order valence-electron chi connectivity index (χ1n) is 5.85. The minimum atomic E-state index is -0.435. The van der Waals surface area contributed by atoms with Gasteiger partial charge in [-0.25, -0.2) is 4.68 Å². The molecule has 2 rings (SSSR count). The first-order valence-corrected chi connectivity index (χ1v) is 5.85. The molecule has 18 heavy (non-hydrogen) atoms. The van der Waals surface area contributed by atoms with Crippen LogP contribution in [0.3, 0.4) is 0 Å². The number of aliphatic hydroxyl groups is 1. The molecule has 0 spiro atoms. The van der Waals surface area contributed by atoms with E-state index in [1.807, 2.05) is 20.0 Å². The van der Waals surface area contributed by atoms with Crippen molar-refractivity contribution in [3.63, 3.8) is 0 Å². The Hall–Kier alpha value is 0.334. The van der Waals surface area contributed by atoms with Crippen LogP contribution in [-0.2, 0) is 12.0 Å². The van der Waals surface area contributed by atoms with E-state index >= 15 is 0 Å². The maximum absolute atomic E-state index is 9.38. The molecule has 0 amide bonds. The van der Waals surface area contributed by atoms with Crippen LogP contribution in [0.5, 0.6) is 5.88 Å². The molecule has 1 aliphatic rings. The number of hydrogen-bond donors (Lipinski definition) is 1. The number of rotatable bonds is 0. The zero-order chi connectivity index (χ0) is 12.3. The van der Waals surface area contributed by atoms with Gasteiger partial charge in [0.25, 0.3) is 0 Å². The van der Waals surface area contributed by atoms with Gasteiger partial charge in [0.15, 0.2) is 0 Å². The molecule has 0 saturated carbocycles. The van der Waals surface area contributed by atoms with E-state index in [4.69, 9.17) is 4.74 Å². The van der Waals surface area contributed by atoms with Crippen LogP contribution in [0.25, 0.3) is 0 Å². The van der Waals surface area contributed by atoms with Gasteiger partial charge in [-0.2, -0.15) is 5.10 Å². The Morgan fingerprint density at radius 2 is 1.94 bits per heavy atom. The fourth-order valence-electron chi connectivity index (χ4n) is 1.60. The topological polar surface area (TPSA) is 47.3 Å².